The summed E-state index contributed by atoms with van der Waals surface area (Å²) in [5, 5.41) is 20.0. The van der Waals surface area contributed by atoms with E-state index in [4.69, 9.17) is 10.8 Å². The fraction of sp³-hybridized carbons (Fsp3) is 0. The maximum atomic E-state index is 10.8. The zero-order valence-corrected chi connectivity index (χ0v) is 8.65. The molecule has 1 aromatic carbocycles. The molecule has 1 heterocycles. The number of hydrogen-bond acceptors (Lipinski definition) is 5. The van der Waals surface area contributed by atoms with E-state index in [1.807, 2.05) is 0 Å². The zero-order chi connectivity index (χ0) is 11.9. The van der Waals surface area contributed by atoms with E-state index in [2.05, 4.69) is 0 Å². The highest BCUT2D eigenvalue weighted by Gasteiger charge is 2.21. The summed E-state index contributed by atoms with van der Waals surface area (Å²) in [5.41, 5.74) is 5.57. The van der Waals surface area contributed by atoms with E-state index < -0.39 is 10.9 Å². The second-order valence-electron chi connectivity index (χ2n) is 3.06. The SMILES string of the molecule is Nc1c(C(=O)O)sc2c([N+](=O)[O-])cccc12. The number of nitrogen functional groups attached to an aromatic ring is 1. The van der Waals surface area contributed by atoms with Crippen LogP contribution in [0.1, 0.15) is 9.67 Å². The van der Waals surface area contributed by atoms with E-state index >= 15 is 0 Å². The van der Waals surface area contributed by atoms with E-state index in [1.165, 1.54) is 12.1 Å². The Balaban J connectivity index is 2.85. The molecule has 16 heavy (non-hydrogen) atoms. The number of non-ortho nitro benzene ring substituents is 1. The van der Waals surface area contributed by atoms with Crippen molar-refractivity contribution in [3.63, 3.8) is 0 Å². The van der Waals surface area contributed by atoms with E-state index in [0.717, 1.165) is 11.3 Å². The van der Waals surface area contributed by atoms with Gasteiger partial charge < -0.3 is 10.8 Å². The second kappa shape index (κ2) is 3.46. The van der Waals surface area contributed by atoms with Crippen LogP contribution in [-0.4, -0.2) is 16.0 Å². The fourth-order valence-electron chi connectivity index (χ4n) is 1.43. The van der Waals surface area contributed by atoms with Gasteiger partial charge in [0.15, 0.2) is 0 Å². The Morgan fingerprint density at radius 2 is 2.19 bits per heavy atom. The molecule has 0 bridgehead atoms. The Labute approximate surface area is 93.1 Å². The molecule has 0 amide bonds. The predicted octanol–water partition coefficient (Wildman–Crippen LogP) is 2.09. The Kier molecular flexibility index (Phi) is 2.24. The van der Waals surface area contributed by atoms with Crippen molar-refractivity contribution in [3.05, 3.63) is 33.2 Å². The molecule has 0 atom stereocenters. The summed E-state index contributed by atoms with van der Waals surface area (Å²) < 4.78 is 0.294. The minimum absolute atomic E-state index is 0.0655. The van der Waals surface area contributed by atoms with Crippen molar-refractivity contribution in [2.45, 2.75) is 0 Å². The van der Waals surface area contributed by atoms with Gasteiger partial charge in [-0.15, -0.1) is 11.3 Å². The van der Waals surface area contributed by atoms with Crippen LogP contribution >= 0.6 is 11.3 Å². The number of nitro benzene ring substituents is 1. The molecule has 6 nitrogen and oxygen atoms in total. The predicted molar refractivity (Wildman–Crippen MR) is 59.9 cm³/mol. The maximum Gasteiger partial charge on any atom is 0.348 e. The van der Waals surface area contributed by atoms with Gasteiger partial charge in [0.25, 0.3) is 5.69 Å². The van der Waals surface area contributed by atoms with Gasteiger partial charge in [-0.1, -0.05) is 12.1 Å². The third-order valence-electron chi connectivity index (χ3n) is 2.12. The van der Waals surface area contributed by atoms with Crippen LogP contribution in [0.15, 0.2) is 18.2 Å². The number of carbonyl (C=O) groups is 1. The first kappa shape index (κ1) is 10.4. The number of nitro groups is 1. The molecule has 0 unspecified atom stereocenters. The molecule has 0 fully saturated rings. The van der Waals surface area contributed by atoms with E-state index in [9.17, 15) is 14.9 Å². The van der Waals surface area contributed by atoms with Gasteiger partial charge >= 0.3 is 5.97 Å². The highest BCUT2D eigenvalue weighted by molar-refractivity contribution is 7.22. The normalized spacial score (nSPS) is 10.5. The highest BCUT2D eigenvalue weighted by Crippen LogP contribution is 2.38. The molecule has 0 radical (unpaired) electrons. The molecular weight excluding hydrogens is 232 g/mol. The molecule has 0 saturated carbocycles. The Morgan fingerprint density at radius 1 is 1.50 bits per heavy atom. The van der Waals surface area contributed by atoms with Gasteiger partial charge in [-0.3, -0.25) is 10.1 Å². The van der Waals surface area contributed by atoms with Gasteiger partial charge in [-0.25, -0.2) is 4.79 Å². The van der Waals surface area contributed by atoms with Crippen LogP contribution in [-0.2, 0) is 0 Å². The monoisotopic (exact) mass is 238 g/mol. The molecule has 1 aromatic heterocycles. The summed E-state index contributed by atoms with van der Waals surface area (Å²) in [4.78, 5) is 20.9. The number of hydrogen-bond donors (Lipinski definition) is 2. The van der Waals surface area contributed by atoms with Crippen LogP contribution in [0.2, 0.25) is 0 Å². The van der Waals surface area contributed by atoms with Crippen LogP contribution < -0.4 is 5.73 Å². The summed E-state index contributed by atoms with van der Waals surface area (Å²) >= 11 is 0.821. The quantitative estimate of drug-likeness (QED) is 0.615. The second-order valence-corrected chi connectivity index (χ2v) is 4.08. The topological polar surface area (TPSA) is 106 Å². The average Bonchev–Trinajstić information content (AvgIpc) is 2.56. The van der Waals surface area contributed by atoms with Gasteiger partial charge in [-0.05, 0) is 0 Å². The largest absolute Gasteiger partial charge is 0.477 e. The van der Waals surface area contributed by atoms with Crippen molar-refractivity contribution >= 4 is 38.8 Å². The van der Waals surface area contributed by atoms with Crippen molar-refractivity contribution in [1.82, 2.24) is 0 Å². The van der Waals surface area contributed by atoms with Gasteiger partial charge in [0.2, 0.25) is 0 Å². The number of rotatable bonds is 2. The molecule has 2 rings (SSSR count). The summed E-state index contributed by atoms with van der Waals surface area (Å²) in [6.07, 6.45) is 0. The molecule has 0 saturated heterocycles. The maximum absolute atomic E-state index is 10.8. The van der Waals surface area contributed by atoms with Crippen LogP contribution in [0.3, 0.4) is 0 Å². The fourth-order valence-corrected chi connectivity index (χ4v) is 2.47. The van der Waals surface area contributed by atoms with Crippen molar-refractivity contribution in [2.24, 2.45) is 0 Å². The van der Waals surface area contributed by atoms with Crippen molar-refractivity contribution in [1.29, 1.82) is 0 Å². The average molecular weight is 238 g/mol. The van der Waals surface area contributed by atoms with Gasteiger partial charge in [0, 0.05) is 11.5 Å². The Morgan fingerprint density at radius 3 is 2.75 bits per heavy atom. The number of thiophene rings is 1. The standard InChI is InChI=1S/C9H6N2O4S/c10-6-4-2-1-3-5(11(14)15)7(4)16-8(6)9(12)13/h1-3H,10H2,(H,12,13). The summed E-state index contributed by atoms with van der Waals surface area (Å²) in [6, 6.07) is 4.37. The first-order valence-electron chi connectivity index (χ1n) is 4.21. The molecule has 2 aromatic rings. The Bertz CT molecular complexity index is 605. The number of aromatic carboxylic acids is 1. The van der Waals surface area contributed by atoms with Crippen molar-refractivity contribution in [2.75, 3.05) is 5.73 Å². The lowest BCUT2D eigenvalue weighted by atomic mass is 10.2. The minimum Gasteiger partial charge on any atom is -0.477 e. The number of carboxylic acid groups (broad SMARTS) is 1. The van der Waals surface area contributed by atoms with Crippen LogP contribution in [0.25, 0.3) is 10.1 Å². The molecule has 7 heteroatoms. The minimum atomic E-state index is -1.17. The van der Waals surface area contributed by atoms with Crippen molar-refractivity contribution in [3.8, 4) is 0 Å². The molecule has 0 spiro atoms. The summed E-state index contributed by atoms with van der Waals surface area (Å²) in [6.45, 7) is 0. The third kappa shape index (κ3) is 1.38. The molecule has 82 valence electrons. The number of nitrogens with two attached hydrogens (primary N) is 1. The lowest BCUT2D eigenvalue weighted by Gasteiger charge is -1.93. The lowest BCUT2D eigenvalue weighted by molar-refractivity contribution is -0.382. The van der Waals surface area contributed by atoms with Gasteiger partial charge in [-0.2, -0.15) is 0 Å². The molecule has 3 N–H and O–H groups in total. The van der Waals surface area contributed by atoms with E-state index in [-0.39, 0.29) is 16.3 Å². The number of carboxylic acids is 1. The molecule has 0 aliphatic carbocycles. The summed E-state index contributed by atoms with van der Waals surface area (Å²) in [7, 11) is 0. The molecular formula is C9H6N2O4S. The molecule has 0 aliphatic rings. The molecule has 0 aliphatic heterocycles. The number of anilines is 1. The Hall–Kier alpha value is -2.15. The lowest BCUT2D eigenvalue weighted by Crippen LogP contribution is -1.96. The highest BCUT2D eigenvalue weighted by atomic mass is 32.1. The first-order valence-corrected chi connectivity index (χ1v) is 5.02. The number of benzene rings is 1. The van der Waals surface area contributed by atoms with Crippen LogP contribution in [0.5, 0.6) is 0 Å². The number of fused-ring (bicyclic) bond motifs is 1. The van der Waals surface area contributed by atoms with E-state index in [0.29, 0.717) is 10.1 Å². The van der Waals surface area contributed by atoms with Crippen molar-refractivity contribution < 1.29 is 14.8 Å². The zero-order valence-electron chi connectivity index (χ0n) is 7.84. The van der Waals surface area contributed by atoms with E-state index in [1.54, 1.807) is 6.07 Å². The van der Waals surface area contributed by atoms with Gasteiger partial charge in [0.1, 0.15) is 9.58 Å². The van der Waals surface area contributed by atoms with Crippen LogP contribution in [0.4, 0.5) is 11.4 Å². The third-order valence-corrected chi connectivity index (χ3v) is 3.36. The smallest absolute Gasteiger partial charge is 0.348 e. The summed E-state index contributed by atoms with van der Waals surface area (Å²) in [5.74, 6) is -1.17. The first-order chi connectivity index (χ1) is 7.52. The number of nitrogens with zero attached hydrogens (tertiary/aromatic N) is 1. The van der Waals surface area contributed by atoms with Crippen LogP contribution in [0, 0.1) is 10.1 Å². The van der Waals surface area contributed by atoms with Gasteiger partial charge in [0.05, 0.1) is 10.6 Å².